The lowest BCUT2D eigenvalue weighted by Gasteiger charge is -2.06. The number of hydrogen-bond donors (Lipinski definition) is 0. The van der Waals surface area contributed by atoms with E-state index >= 15 is 0 Å². The second-order valence-electron chi connectivity index (χ2n) is 4.38. The van der Waals surface area contributed by atoms with Gasteiger partial charge in [0.15, 0.2) is 0 Å². The summed E-state index contributed by atoms with van der Waals surface area (Å²) in [6.07, 6.45) is 0.00898. The van der Waals surface area contributed by atoms with Gasteiger partial charge in [0.05, 0.1) is 10.0 Å². The average Bonchev–Trinajstić information content (AvgIpc) is 2.33. The highest BCUT2D eigenvalue weighted by Gasteiger charge is 2.11. The minimum absolute atomic E-state index is 0.0580. The highest BCUT2D eigenvalue weighted by molar-refractivity contribution is 6.42. The molecule has 1 nitrogen and oxygen atoms in total. The molecule has 2 aromatic carbocycles. The van der Waals surface area contributed by atoms with E-state index in [1.807, 2.05) is 0 Å². The van der Waals surface area contributed by atoms with Crippen molar-refractivity contribution in [1.29, 1.82) is 0 Å². The van der Waals surface area contributed by atoms with Crippen LogP contribution in [0.3, 0.4) is 0 Å². The predicted octanol–water partition coefficient (Wildman–Crippen LogP) is 4.63. The molecule has 0 aliphatic rings. The van der Waals surface area contributed by atoms with Gasteiger partial charge in [-0.2, -0.15) is 0 Å². The first-order valence-corrected chi connectivity index (χ1v) is 6.61. The Labute approximate surface area is 125 Å². The number of hydrogen-bond acceptors (Lipinski definition) is 1. The molecule has 0 amide bonds. The molecule has 0 unspecified atom stereocenters. The van der Waals surface area contributed by atoms with Crippen LogP contribution in [0.2, 0.25) is 10.0 Å². The fraction of sp³-hybridized carbons (Fsp3) is 0.133. The standard InChI is InChI=1S/C15H10Cl2F2O/c16-14-3-1-2-10(15(14)17)7-13(20)6-9-4-11(18)8-12(19)5-9/h1-5,8H,6-7H2. The summed E-state index contributed by atoms with van der Waals surface area (Å²) in [5.41, 5.74) is 0.895. The molecule has 0 aliphatic heterocycles. The summed E-state index contributed by atoms with van der Waals surface area (Å²) in [6.45, 7) is 0. The first-order chi connectivity index (χ1) is 9.45. The maximum atomic E-state index is 13.0. The Hall–Kier alpha value is -1.45. The molecular formula is C15H10Cl2F2O. The monoisotopic (exact) mass is 314 g/mol. The van der Waals surface area contributed by atoms with Gasteiger partial charge in [0, 0.05) is 18.9 Å². The highest BCUT2D eigenvalue weighted by atomic mass is 35.5. The highest BCUT2D eigenvalue weighted by Crippen LogP contribution is 2.26. The second kappa shape index (κ2) is 6.33. The van der Waals surface area contributed by atoms with Gasteiger partial charge in [-0.05, 0) is 29.3 Å². The summed E-state index contributed by atoms with van der Waals surface area (Å²) in [5, 5.41) is 0.696. The van der Waals surface area contributed by atoms with Crippen molar-refractivity contribution in [3.63, 3.8) is 0 Å². The zero-order valence-electron chi connectivity index (χ0n) is 10.3. The van der Waals surface area contributed by atoms with Crippen molar-refractivity contribution < 1.29 is 13.6 Å². The van der Waals surface area contributed by atoms with Gasteiger partial charge in [0.2, 0.25) is 0 Å². The number of rotatable bonds is 4. The third-order valence-electron chi connectivity index (χ3n) is 2.74. The van der Waals surface area contributed by atoms with E-state index in [0.717, 1.165) is 18.2 Å². The summed E-state index contributed by atoms with van der Waals surface area (Å²) in [5.74, 6) is -1.60. The lowest BCUT2D eigenvalue weighted by atomic mass is 10.0. The summed E-state index contributed by atoms with van der Waals surface area (Å²) in [6, 6.07) is 8.06. The van der Waals surface area contributed by atoms with Crippen LogP contribution in [0.5, 0.6) is 0 Å². The van der Waals surface area contributed by atoms with Crippen LogP contribution < -0.4 is 0 Å². The van der Waals surface area contributed by atoms with E-state index in [4.69, 9.17) is 23.2 Å². The molecule has 0 radical (unpaired) electrons. The fourth-order valence-corrected chi connectivity index (χ4v) is 2.29. The molecule has 0 saturated carbocycles. The number of carbonyl (C=O) groups is 1. The molecule has 0 N–H and O–H groups in total. The van der Waals surface area contributed by atoms with Gasteiger partial charge in [-0.3, -0.25) is 4.79 Å². The molecular weight excluding hydrogens is 305 g/mol. The van der Waals surface area contributed by atoms with E-state index in [1.54, 1.807) is 18.2 Å². The summed E-state index contributed by atoms with van der Waals surface area (Å²) in [4.78, 5) is 11.9. The molecule has 104 valence electrons. The summed E-state index contributed by atoms with van der Waals surface area (Å²) >= 11 is 11.8. The Balaban J connectivity index is 2.11. The molecule has 2 aromatic rings. The SMILES string of the molecule is O=C(Cc1cc(F)cc(F)c1)Cc1cccc(Cl)c1Cl. The van der Waals surface area contributed by atoms with Gasteiger partial charge < -0.3 is 0 Å². The molecule has 0 bridgehead atoms. The minimum Gasteiger partial charge on any atom is -0.299 e. The zero-order chi connectivity index (χ0) is 14.7. The van der Waals surface area contributed by atoms with Gasteiger partial charge >= 0.3 is 0 Å². The number of carbonyl (C=O) groups excluding carboxylic acids is 1. The van der Waals surface area contributed by atoms with Gasteiger partial charge in [0.25, 0.3) is 0 Å². The van der Waals surface area contributed by atoms with E-state index in [1.165, 1.54) is 0 Å². The van der Waals surface area contributed by atoms with Crippen LogP contribution in [0.4, 0.5) is 8.78 Å². The number of ketones is 1. The molecule has 0 aliphatic carbocycles. The third-order valence-corrected chi connectivity index (χ3v) is 3.60. The summed E-state index contributed by atoms with van der Waals surface area (Å²) in [7, 11) is 0. The van der Waals surface area contributed by atoms with Crippen molar-refractivity contribution in [3.05, 3.63) is 69.2 Å². The molecule has 0 atom stereocenters. The Morgan fingerprint density at radius 3 is 2.30 bits per heavy atom. The van der Waals surface area contributed by atoms with Gasteiger partial charge in [-0.25, -0.2) is 8.78 Å². The Morgan fingerprint density at radius 1 is 1.00 bits per heavy atom. The largest absolute Gasteiger partial charge is 0.299 e. The van der Waals surface area contributed by atoms with E-state index in [2.05, 4.69) is 0 Å². The molecule has 0 saturated heterocycles. The van der Waals surface area contributed by atoms with Crippen molar-refractivity contribution in [3.8, 4) is 0 Å². The Morgan fingerprint density at radius 2 is 1.65 bits per heavy atom. The molecule has 20 heavy (non-hydrogen) atoms. The lowest BCUT2D eigenvalue weighted by molar-refractivity contribution is -0.117. The maximum Gasteiger partial charge on any atom is 0.141 e. The first-order valence-electron chi connectivity index (χ1n) is 5.85. The van der Waals surface area contributed by atoms with Gasteiger partial charge in [-0.1, -0.05) is 35.3 Å². The van der Waals surface area contributed by atoms with Crippen LogP contribution in [-0.4, -0.2) is 5.78 Å². The van der Waals surface area contributed by atoms with E-state index in [9.17, 15) is 13.6 Å². The van der Waals surface area contributed by atoms with Crippen LogP contribution in [0.15, 0.2) is 36.4 Å². The van der Waals surface area contributed by atoms with Crippen LogP contribution in [0, 0.1) is 11.6 Å². The van der Waals surface area contributed by atoms with E-state index in [0.29, 0.717) is 21.2 Å². The van der Waals surface area contributed by atoms with Crippen molar-refractivity contribution in [2.45, 2.75) is 12.8 Å². The predicted molar refractivity (Wildman–Crippen MR) is 75.2 cm³/mol. The van der Waals surface area contributed by atoms with Gasteiger partial charge in [-0.15, -0.1) is 0 Å². The van der Waals surface area contributed by atoms with Gasteiger partial charge in [0.1, 0.15) is 17.4 Å². The number of benzene rings is 2. The maximum absolute atomic E-state index is 13.0. The van der Waals surface area contributed by atoms with Crippen LogP contribution in [0.25, 0.3) is 0 Å². The van der Waals surface area contributed by atoms with Crippen LogP contribution >= 0.6 is 23.2 Å². The fourth-order valence-electron chi connectivity index (χ4n) is 1.90. The molecule has 0 fully saturated rings. The molecule has 0 heterocycles. The normalized spacial score (nSPS) is 10.6. The Kier molecular flexibility index (Phi) is 4.73. The number of Topliss-reactive ketones (excluding diaryl/α,β-unsaturated/α-hetero) is 1. The Bertz CT molecular complexity index is 636. The molecule has 5 heteroatoms. The van der Waals surface area contributed by atoms with Crippen molar-refractivity contribution in [2.75, 3.05) is 0 Å². The second-order valence-corrected chi connectivity index (χ2v) is 5.17. The summed E-state index contributed by atoms with van der Waals surface area (Å²) < 4.78 is 26.1. The van der Waals surface area contributed by atoms with Crippen LogP contribution in [0.1, 0.15) is 11.1 Å². The molecule has 0 spiro atoms. The van der Waals surface area contributed by atoms with Crippen LogP contribution in [-0.2, 0) is 17.6 Å². The quantitative estimate of drug-likeness (QED) is 0.804. The third kappa shape index (κ3) is 3.78. The first kappa shape index (κ1) is 14.9. The zero-order valence-corrected chi connectivity index (χ0v) is 11.8. The molecule has 0 aromatic heterocycles. The van der Waals surface area contributed by atoms with E-state index in [-0.39, 0.29) is 18.6 Å². The topological polar surface area (TPSA) is 17.1 Å². The van der Waals surface area contributed by atoms with E-state index < -0.39 is 11.6 Å². The molecule has 2 rings (SSSR count). The smallest absolute Gasteiger partial charge is 0.141 e. The number of halogens is 4. The van der Waals surface area contributed by atoms with Crippen molar-refractivity contribution in [2.24, 2.45) is 0 Å². The lowest BCUT2D eigenvalue weighted by Crippen LogP contribution is -2.07. The average molecular weight is 315 g/mol. The van der Waals surface area contributed by atoms with Crippen molar-refractivity contribution >= 4 is 29.0 Å². The minimum atomic E-state index is -0.700. The van der Waals surface area contributed by atoms with Crippen molar-refractivity contribution in [1.82, 2.24) is 0 Å².